The van der Waals surface area contributed by atoms with Crippen LogP contribution < -0.4 is 18.9 Å². The second kappa shape index (κ2) is 26.2. The molecular weight excluding hydrogens is 930 g/mol. The molecule has 3 aromatic rings. The first-order valence-corrected chi connectivity index (χ1v) is 20.2. The molecule has 2 aliphatic rings. The molecule has 6 nitrogen and oxygen atoms in total. The molecule has 2 saturated carbocycles. The summed E-state index contributed by atoms with van der Waals surface area (Å²) in [6.07, 6.45) is 20.0. The first-order valence-electron chi connectivity index (χ1n) is 16.1. The quantitative estimate of drug-likeness (QED) is 0.0617. The van der Waals surface area contributed by atoms with E-state index in [4.69, 9.17) is 28.4 Å². The molecule has 22 heteroatoms. The van der Waals surface area contributed by atoms with Crippen LogP contribution in [0.15, 0.2) is 84.9 Å². The smallest absolute Gasteiger partial charge is 0.491 e. The zero-order chi connectivity index (χ0) is 42.0. The summed E-state index contributed by atoms with van der Waals surface area (Å²) < 4.78 is 152. The van der Waals surface area contributed by atoms with Crippen molar-refractivity contribution in [1.29, 1.82) is 0 Å². The van der Waals surface area contributed by atoms with E-state index in [1.54, 1.807) is 0 Å². The molecular formula is C36H40F12Fe2O6P2+2. The zero-order valence-corrected chi connectivity index (χ0v) is 34.1. The fourth-order valence-electron chi connectivity index (χ4n) is 3.38. The van der Waals surface area contributed by atoms with Gasteiger partial charge in [0.15, 0.2) is 0 Å². The maximum absolute atomic E-state index is 10.7. The Morgan fingerprint density at radius 1 is 0.276 bits per heavy atom. The van der Waals surface area contributed by atoms with Crippen molar-refractivity contribution < 1.29 is 113 Å². The fraction of sp³-hybridized carbons (Fsp3) is 0.222. The van der Waals surface area contributed by atoms with Crippen LogP contribution in [0.4, 0.5) is 50.4 Å². The number of hydrogen-bond acceptors (Lipinski definition) is 6. The first kappa shape index (κ1) is 57.9. The molecule has 2 aliphatic carbocycles. The maximum Gasteiger partial charge on any atom is 2.00 e. The molecule has 0 heterocycles. The molecule has 0 aliphatic heterocycles. The van der Waals surface area contributed by atoms with E-state index < -0.39 is 15.6 Å². The Hall–Kier alpha value is -2.16. The van der Waals surface area contributed by atoms with Gasteiger partial charge in [-0.25, -0.2) is 0 Å². The second-order valence-electron chi connectivity index (χ2n) is 10.6. The number of rotatable bonds is 16. The Balaban J connectivity index is 0. The number of para-hydroxylation sites is 2. The van der Waals surface area contributed by atoms with Crippen molar-refractivity contribution in [1.82, 2.24) is 0 Å². The molecule has 0 atom stereocenters. The van der Waals surface area contributed by atoms with Crippen LogP contribution in [0.2, 0.25) is 0 Å². The third kappa shape index (κ3) is 51.9. The molecule has 10 radical (unpaired) electrons. The molecule has 0 unspecified atom stereocenters. The van der Waals surface area contributed by atoms with E-state index in [9.17, 15) is 50.4 Å². The Kier molecular flexibility index (Phi) is 26.2. The van der Waals surface area contributed by atoms with Gasteiger partial charge in [0, 0.05) is 0 Å². The molecule has 0 bridgehead atoms. The van der Waals surface area contributed by atoms with Crippen LogP contribution in [0, 0.1) is 64.2 Å². The average Bonchev–Trinajstić information content (AvgIpc) is 3.87. The number of hydrogen-bond donors (Lipinski definition) is 0. The minimum Gasteiger partial charge on any atom is -0.491 e. The largest absolute Gasteiger partial charge is 2.00 e. The molecule has 0 saturated heterocycles. The Labute approximate surface area is 352 Å². The van der Waals surface area contributed by atoms with Crippen molar-refractivity contribution in [3.63, 3.8) is 0 Å². The molecule has 328 valence electrons. The van der Waals surface area contributed by atoms with Crippen molar-refractivity contribution in [2.24, 2.45) is 0 Å². The third-order valence-corrected chi connectivity index (χ3v) is 5.41. The minimum atomic E-state index is -10.7. The molecule has 0 spiro atoms. The number of ether oxygens (including phenoxy) is 6. The molecule has 3 aromatic carbocycles. The normalized spacial score (nSPS) is 15.5. The van der Waals surface area contributed by atoms with E-state index in [0.29, 0.717) is 52.9 Å². The van der Waals surface area contributed by atoms with E-state index >= 15 is 0 Å². The Morgan fingerprint density at radius 2 is 0.448 bits per heavy atom. The summed E-state index contributed by atoms with van der Waals surface area (Å²) in [7, 11) is -21.3. The molecule has 2 fully saturated rings. The number of benzene rings is 3. The fourth-order valence-corrected chi connectivity index (χ4v) is 3.38. The van der Waals surface area contributed by atoms with Crippen molar-refractivity contribution in [2.45, 2.75) is 0 Å². The summed E-state index contributed by atoms with van der Waals surface area (Å²) in [5, 5.41) is 0. The molecule has 0 amide bonds. The van der Waals surface area contributed by atoms with E-state index in [1.807, 2.05) is 149 Å². The van der Waals surface area contributed by atoms with E-state index in [-0.39, 0.29) is 34.1 Å². The van der Waals surface area contributed by atoms with Gasteiger partial charge < -0.3 is 28.4 Å². The summed E-state index contributed by atoms with van der Waals surface area (Å²) in [4.78, 5) is 0. The summed E-state index contributed by atoms with van der Waals surface area (Å²) in [5.74, 6) is 3.24. The molecule has 0 N–H and O–H groups in total. The molecule has 0 aromatic heterocycles. The van der Waals surface area contributed by atoms with Gasteiger partial charge in [-0.05, 0) is 113 Å². The van der Waals surface area contributed by atoms with Gasteiger partial charge in [-0.3, -0.25) is 0 Å². The first-order chi connectivity index (χ1) is 25.8. The van der Waals surface area contributed by atoms with Crippen LogP contribution in [0.1, 0.15) is 0 Å². The van der Waals surface area contributed by atoms with Gasteiger partial charge in [0.1, 0.15) is 49.4 Å². The van der Waals surface area contributed by atoms with Crippen LogP contribution in [0.25, 0.3) is 0 Å². The van der Waals surface area contributed by atoms with Crippen molar-refractivity contribution in [2.75, 3.05) is 52.9 Å². The van der Waals surface area contributed by atoms with Gasteiger partial charge in [0.2, 0.25) is 0 Å². The van der Waals surface area contributed by atoms with Gasteiger partial charge in [-0.1, -0.05) is 36.4 Å². The Morgan fingerprint density at radius 3 is 0.638 bits per heavy atom. The maximum atomic E-state index is 9.87. The topological polar surface area (TPSA) is 55.4 Å². The predicted molar refractivity (Wildman–Crippen MR) is 193 cm³/mol. The van der Waals surface area contributed by atoms with E-state index in [0.717, 1.165) is 23.0 Å². The van der Waals surface area contributed by atoms with Crippen LogP contribution in [-0.2, 0) is 43.6 Å². The van der Waals surface area contributed by atoms with E-state index in [1.165, 1.54) is 0 Å². The van der Waals surface area contributed by atoms with E-state index in [2.05, 4.69) is 0 Å². The van der Waals surface area contributed by atoms with Gasteiger partial charge in [-0.2, -0.15) is 0 Å². The summed E-state index contributed by atoms with van der Waals surface area (Å²) in [6.45, 7) is 4.02. The zero-order valence-electron chi connectivity index (χ0n) is 30.1. The van der Waals surface area contributed by atoms with Crippen LogP contribution in [0.3, 0.4) is 0 Å². The molecule has 5 rings (SSSR count). The van der Waals surface area contributed by atoms with Crippen LogP contribution >= 0.6 is 15.6 Å². The number of halogens is 12. The van der Waals surface area contributed by atoms with Crippen LogP contribution in [0.5, 0.6) is 23.0 Å². The second-order valence-corrected chi connectivity index (χ2v) is 14.4. The van der Waals surface area contributed by atoms with Crippen molar-refractivity contribution >= 4 is 15.6 Å². The SMILES string of the molecule is F[P-](F)(F)(F)(F)F.F[P-](F)(F)(F)(F)F.[CH]1[CH][CH][CH][CH]1.[CH]1[CH][CH][CH][CH]1.[Fe+2].[Fe+2].c1ccc(OCCOCCOc2ccc(OCCOCCOc3ccccc3)cc2)cc1. The summed E-state index contributed by atoms with van der Waals surface area (Å²) in [5.41, 5.74) is 0. The molecule has 58 heavy (non-hydrogen) atoms. The average molecular weight is 970 g/mol. The standard InChI is InChI=1S/C26H30O6.2C5H5.2F6P.2Fe/c1-3-7-23(8-4-1)29-19-15-27-17-21-31-25-11-13-26(14-12-25)32-22-18-28-16-20-30-24-9-5-2-6-10-24;2*1-2-4-5-3-1;2*1-7(2,3,4,5)6;;/h1-14H,15-22H2;2*1-5H;;;;/q;;;2*-1;2*+2. The van der Waals surface area contributed by atoms with Crippen molar-refractivity contribution in [3.8, 4) is 23.0 Å². The van der Waals surface area contributed by atoms with Crippen molar-refractivity contribution in [3.05, 3.63) is 149 Å². The summed E-state index contributed by atoms with van der Waals surface area (Å²) >= 11 is 0. The van der Waals surface area contributed by atoms with Gasteiger partial charge in [0.25, 0.3) is 0 Å². The minimum absolute atomic E-state index is 0. The third-order valence-electron chi connectivity index (χ3n) is 5.41. The predicted octanol–water partition coefficient (Wildman–Crippen LogP) is 13.4. The van der Waals surface area contributed by atoms with Crippen LogP contribution in [-0.4, -0.2) is 52.9 Å². The Bertz CT molecular complexity index is 1290. The van der Waals surface area contributed by atoms with Gasteiger partial charge in [0.05, 0.1) is 26.4 Å². The van der Waals surface area contributed by atoms with Gasteiger partial charge >= 0.3 is 100 Å². The summed E-state index contributed by atoms with van der Waals surface area (Å²) in [6, 6.07) is 26.9. The van der Waals surface area contributed by atoms with Gasteiger partial charge in [-0.15, -0.1) is 0 Å². The monoisotopic (exact) mass is 970 g/mol.